The third-order valence-corrected chi connectivity index (χ3v) is 7.53. The number of benzene rings is 2. The van der Waals surface area contributed by atoms with Crippen LogP contribution >= 0.6 is 0 Å². The lowest BCUT2D eigenvalue weighted by Gasteiger charge is -2.35. The largest absolute Gasteiger partial charge is 0.353 e. The summed E-state index contributed by atoms with van der Waals surface area (Å²) in [5, 5.41) is 0.916. The van der Waals surface area contributed by atoms with E-state index in [4.69, 9.17) is 0 Å². The van der Waals surface area contributed by atoms with Gasteiger partial charge in [-0.2, -0.15) is 0 Å². The minimum absolute atomic E-state index is 0.383. The number of hydrogen-bond acceptors (Lipinski definition) is 4. The van der Waals surface area contributed by atoms with E-state index in [2.05, 4.69) is 45.6 Å². The standard InChI is InChI=1S/C30H30N4O2/c1-21-12-13-31-26(19-21)32-15-17-33(18-16-32)30(36)29(35)27-24-11-5-9-23-10-6-14-34(28(23)24)25(27)20-22-7-3-2-4-8-22/h2-5,7-9,11-13,19H,6,10,14-18,20H2,1H3. The van der Waals surface area contributed by atoms with Gasteiger partial charge in [0.15, 0.2) is 0 Å². The van der Waals surface area contributed by atoms with Crippen LogP contribution in [0.4, 0.5) is 5.82 Å². The van der Waals surface area contributed by atoms with Crippen molar-refractivity contribution in [1.82, 2.24) is 14.5 Å². The normalized spacial score (nSPS) is 15.4. The van der Waals surface area contributed by atoms with Gasteiger partial charge in [-0.3, -0.25) is 9.59 Å². The number of hydrogen-bond donors (Lipinski definition) is 0. The summed E-state index contributed by atoms with van der Waals surface area (Å²) in [6.45, 7) is 5.28. The molecular formula is C30H30N4O2. The molecule has 1 saturated heterocycles. The molecule has 0 atom stereocenters. The molecule has 2 aliphatic heterocycles. The number of piperazine rings is 1. The van der Waals surface area contributed by atoms with Gasteiger partial charge in [-0.25, -0.2) is 4.98 Å². The van der Waals surface area contributed by atoms with Gasteiger partial charge in [0, 0.05) is 56.4 Å². The fraction of sp³-hybridized carbons (Fsp3) is 0.300. The van der Waals surface area contributed by atoms with E-state index in [0.717, 1.165) is 52.9 Å². The Bertz CT molecular complexity index is 1450. The molecule has 0 bridgehead atoms. The van der Waals surface area contributed by atoms with E-state index in [0.29, 0.717) is 38.2 Å². The maximum atomic E-state index is 13.9. The van der Waals surface area contributed by atoms with Gasteiger partial charge in [0.1, 0.15) is 5.82 Å². The zero-order valence-corrected chi connectivity index (χ0v) is 20.6. The number of pyridine rings is 1. The van der Waals surface area contributed by atoms with E-state index >= 15 is 0 Å². The van der Waals surface area contributed by atoms with Gasteiger partial charge in [0.25, 0.3) is 11.7 Å². The van der Waals surface area contributed by atoms with Crippen LogP contribution in [-0.2, 0) is 24.2 Å². The molecule has 4 heterocycles. The Hall–Kier alpha value is -3.93. The van der Waals surface area contributed by atoms with E-state index in [9.17, 15) is 9.59 Å². The number of carbonyl (C=O) groups is 2. The van der Waals surface area contributed by atoms with E-state index in [1.165, 1.54) is 5.56 Å². The second-order valence-corrected chi connectivity index (χ2v) is 9.85. The molecule has 6 rings (SSSR count). The van der Waals surface area contributed by atoms with Crippen molar-refractivity contribution in [2.75, 3.05) is 31.1 Å². The smallest absolute Gasteiger partial charge is 0.295 e. The van der Waals surface area contributed by atoms with Gasteiger partial charge in [-0.15, -0.1) is 0 Å². The Morgan fingerprint density at radius 1 is 0.917 bits per heavy atom. The first-order valence-corrected chi connectivity index (χ1v) is 12.8. The SMILES string of the molecule is Cc1ccnc(N2CCN(C(=O)C(=O)c3c(Cc4ccccc4)n4c5c(cccc35)CCC4)CC2)c1. The number of ketones is 1. The van der Waals surface area contributed by atoms with Crippen molar-refractivity contribution >= 4 is 28.4 Å². The average molecular weight is 479 g/mol. The van der Waals surface area contributed by atoms with E-state index in [1.54, 1.807) is 4.90 Å². The third-order valence-electron chi connectivity index (χ3n) is 7.53. The Kier molecular flexibility index (Phi) is 5.80. The van der Waals surface area contributed by atoms with Crippen molar-refractivity contribution in [2.45, 2.75) is 32.7 Å². The molecular weight excluding hydrogens is 448 g/mol. The molecule has 6 heteroatoms. The first-order valence-electron chi connectivity index (χ1n) is 12.8. The van der Waals surface area contributed by atoms with Crippen LogP contribution in [0.15, 0.2) is 66.9 Å². The van der Waals surface area contributed by atoms with E-state index in [1.807, 2.05) is 42.6 Å². The molecule has 0 unspecified atom stereocenters. The first kappa shape index (κ1) is 22.5. The molecule has 182 valence electrons. The fourth-order valence-corrected chi connectivity index (χ4v) is 5.72. The van der Waals surface area contributed by atoms with E-state index < -0.39 is 5.91 Å². The van der Waals surface area contributed by atoms with Crippen molar-refractivity contribution in [3.63, 3.8) is 0 Å². The summed E-state index contributed by atoms with van der Waals surface area (Å²) >= 11 is 0. The summed E-state index contributed by atoms with van der Waals surface area (Å²) in [6, 6.07) is 20.4. The number of carbonyl (C=O) groups excluding carboxylic acids is 2. The Labute approximate surface area is 211 Å². The van der Waals surface area contributed by atoms with Gasteiger partial charge in [-0.05, 0) is 48.6 Å². The van der Waals surface area contributed by atoms with Crippen LogP contribution in [0.1, 0.15) is 39.2 Å². The molecule has 0 radical (unpaired) electrons. The lowest BCUT2D eigenvalue weighted by atomic mass is 9.99. The van der Waals surface area contributed by atoms with Crippen LogP contribution in [0.5, 0.6) is 0 Å². The lowest BCUT2D eigenvalue weighted by Crippen LogP contribution is -2.51. The fourth-order valence-electron chi connectivity index (χ4n) is 5.72. The van der Waals surface area contributed by atoms with Crippen LogP contribution < -0.4 is 4.90 Å². The second-order valence-electron chi connectivity index (χ2n) is 9.85. The highest BCUT2D eigenvalue weighted by atomic mass is 16.2. The number of Topliss-reactive ketones (excluding diaryl/α,β-unsaturated/α-hetero) is 1. The zero-order chi connectivity index (χ0) is 24.6. The van der Waals surface area contributed by atoms with Crippen molar-refractivity contribution in [3.05, 3.63) is 94.8 Å². The number of aryl methyl sites for hydroxylation is 3. The third kappa shape index (κ3) is 3.96. The molecule has 36 heavy (non-hydrogen) atoms. The van der Waals surface area contributed by atoms with Crippen molar-refractivity contribution in [2.24, 2.45) is 0 Å². The van der Waals surface area contributed by atoms with Crippen molar-refractivity contribution < 1.29 is 9.59 Å². The number of amides is 1. The number of aromatic nitrogens is 2. The molecule has 0 saturated carbocycles. The molecule has 0 spiro atoms. The highest BCUT2D eigenvalue weighted by Crippen LogP contribution is 2.35. The van der Waals surface area contributed by atoms with Crippen LogP contribution in [0, 0.1) is 6.92 Å². The summed E-state index contributed by atoms with van der Waals surface area (Å²) in [6.07, 6.45) is 4.49. The van der Waals surface area contributed by atoms with Gasteiger partial charge in [-0.1, -0.05) is 48.5 Å². The van der Waals surface area contributed by atoms with Crippen molar-refractivity contribution in [3.8, 4) is 0 Å². The number of rotatable bonds is 5. The molecule has 6 nitrogen and oxygen atoms in total. The first-order chi connectivity index (χ1) is 17.6. The minimum atomic E-state index is -0.398. The highest BCUT2D eigenvalue weighted by molar-refractivity contribution is 6.45. The Morgan fingerprint density at radius 3 is 2.50 bits per heavy atom. The monoisotopic (exact) mass is 478 g/mol. The average Bonchev–Trinajstić information content (AvgIpc) is 3.23. The molecule has 2 aromatic carbocycles. The lowest BCUT2D eigenvalue weighted by molar-refractivity contribution is -0.126. The molecule has 2 aliphatic rings. The summed E-state index contributed by atoms with van der Waals surface area (Å²) in [7, 11) is 0. The van der Waals surface area contributed by atoms with Gasteiger partial charge >= 0.3 is 0 Å². The maximum absolute atomic E-state index is 13.9. The number of nitrogens with zero attached hydrogens (tertiary/aromatic N) is 4. The van der Waals surface area contributed by atoms with Gasteiger partial charge < -0.3 is 14.4 Å². The molecule has 0 aliphatic carbocycles. The molecule has 0 N–H and O–H groups in total. The van der Waals surface area contributed by atoms with Gasteiger partial charge in [0.05, 0.1) is 11.1 Å². The predicted molar refractivity (Wildman–Crippen MR) is 142 cm³/mol. The summed E-state index contributed by atoms with van der Waals surface area (Å²) < 4.78 is 2.29. The summed E-state index contributed by atoms with van der Waals surface area (Å²) in [5.74, 6) is 0.142. The number of para-hydroxylation sites is 1. The van der Waals surface area contributed by atoms with Crippen molar-refractivity contribution in [1.29, 1.82) is 0 Å². The quantitative estimate of drug-likeness (QED) is 0.315. The predicted octanol–water partition coefficient (Wildman–Crippen LogP) is 4.41. The van der Waals surface area contributed by atoms with Crippen LogP contribution in [-0.4, -0.2) is 52.3 Å². The Morgan fingerprint density at radius 2 is 1.72 bits per heavy atom. The topological polar surface area (TPSA) is 58.4 Å². The van der Waals surface area contributed by atoms with Gasteiger partial charge in [0.2, 0.25) is 0 Å². The molecule has 4 aromatic rings. The summed E-state index contributed by atoms with van der Waals surface area (Å²) in [4.78, 5) is 35.9. The number of anilines is 1. The molecule has 2 aromatic heterocycles. The zero-order valence-electron chi connectivity index (χ0n) is 20.6. The Balaban J connectivity index is 1.31. The van der Waals surface area contributed by atoms with Crippen LogP contribution in [0.25, 0.3) is 10.9 Å². The second kappa shape index (κ2) is 9.26. The maximum Gasteiger partial charge on any atom is 0.295 e. The molecule has 1 fully saturated rings. The highest BCUT2D eigenvalue weighted by Gasteiger charge is 2.33. The van der Waals surface area contributed by atoms with Crippen LogP contribution in [0.3, 0.4) is 0 Å². The molecule has 1 amide bonds. The van der Waals surface area contributed by atoms with Crippen LogP contribution in [0.2, 0.25) is 0 Å². The van der Waals surface area contributed by atoms with E-state index in [-0.39, 0.29) is 5.78 Å². The summed E-state index contributed by atoms with van der Waals surface area (Å²) in [5.41, 5.74) is 6.24. The minimum Gasteiger partial charge on any atom is -0.353 e.